The van der Waals surface area contributed by atoms with Gasteiger partial charge in [0, 0.05) is 12.0 Å². The van der Waals surface area contributed by atoms with Gasteiger partial charge in [-0.15, -0.1) is 11.3 Å². The summed E-state index contributed by atoms with van der Waals surface area (Å²) in [5.74, 6) is 0.00479. The Bertz CT molecular complexity index is 851. The Hall–Kier alpha value is -1.77. The molecule has 1 saturated heterocycles. The van der Waals surface area contributed by atoms with Crippen molar-refractivity contribution in [1.82, 2.24) is 10.3 Å². The highest BCUT2D eigenvalue weighted by molar-refractivity contribution is 7.16. The number of benzene rings is 1. The molecule has 1 aromatic heterocycles. The largest absolute Gasteiger partial charge is 0.488 e. The fourth-order valence-electron chi connectivity index (χ4n) is 3.79. The average molecular weight is 408 g/mol. The van der Waals surface area contributed by atoms with Gasteiger partial charge in [-0.1, -0.05) is 0 Å². The van der Waals surface area contributed by atoms with Crippen molar-refractivity contribution in [3.8, 4) is 5.75 Å². The Morgan fingerprint density at radius 1 is 1.39 bits per heavy atom. The highest BCUT2D eigenvalue weighted by Crippen LogP contribution is 2.36. The second-order valence-electron chi connectivity index (χ2n) is 8.27. The summed E-state index contributed by atoms with van der Waals surface area (Å²) in [7, 11) is 0. The van der Waals surface area contributed by atoms with E-state index in [2.05, 4.69) is 10.3 Å². The lowest BCUT2D eigenvalue weighted by atomic mass is 9.81. The summed E-state index contributed by atoms with van der Waals surface area (Å²) in [5, 5.41) is 13.1. The quantitative estimate of drug-likeness (QED) is 0.795. The minimum Gasteiger partial charge on any atom is -0.488 e. The maximum atomic E-state index is 13.7. The van der Waals surface area contributed by atoms with Crippen LogP contribution in [-0.2, 0) is 9.53 Å². The van der Waals surface area contributed by atoms with E-state index in [9.17, 15) is 14.3 Å². The molecule has 1 aliphatic heterocycles. The van der Waals surface area contributed by atoms with Crippen molar-refractivity contribution in [2.75, 3.05) is 6.61 Å². The van der Waals surface area contributed by atoms with Crippen LogP contribution in [0.5, 0.6) is 5.75 Å². The number of fused-ring (bicyclic) bond motifs is 1. The molecule has 2 aromatic rings. The monoisotopic (exact) mass is 408 g/mol. The minimum absolute atomic E-state index is 0.00760. The molecule has 4 rings (SSSR count). The third kappa shape index (κ3) is 4.14. The fraction of sp³-hybridized carbons (Fsp3) is 0.600. The van der Waals surface area contributed by atoms with E-state index in [0.29, 0.717) is 37.1 Å². The molecule has 1 aromatic carbocycles. The fourth-order valence-corrected chi connectivity index (χ4v) is 4.51. The molecular formula is C20H25FN2O4S. The van der Waals surface area contributed by atoms with Crippen LogP contribution in [0.4, 0.5) is 4.39 Å². The SMILES string of the molecule is CC(C)(O)[C@@H]1CC[C@@H](NC(=O)[C@H]2C[C@H](Oc3cc(F)cc4scnc34)C2)CO1. The zero-order valence-corrected chi connectivity index (χ0v) is 16.8. The van der Waals surface area contributed by atoms with Crippen molar-refractivity contribution in [3.63, 3.8) is 0 Å². The van der Waals surface area contributed by atoms with Crippen molar-refractivity contribution < 1.29 is 23.8 Å². The van der Waals surface area contributed by atoms with Crippen LogP contribution in [0.2, 0.25) is 0 Å². The van der Waals surface area contributed by atoms with Crippen LogP contribution in [0.1, 0.15) is 39.5 Å². The second kappa shape index (κ2) is 7.57. The highest BCUT2D eigenvalue weighted by atomic mass is 32.1. The van der Waals surface area contributed by atoms with Crippen molar-refractivity contribution in [3.05, 3.63) is 23.5 Å². The Balaban J connectivity index is 1.25. The topological polar surface area (TPSA) is 80.7 Å². The first-order valence-corrected chi connectivity index (χ1v) is 10.5. The number of hydrogen-bond acceptors (Lipinski definition) is 6. The summed E-state index contributed by atoms with van der Waals surface area (Å²) < 4.78 is 26.1. The Labute approximate surface area is 167 Å². The zero-order chi connectivity index (χ0) is 19.9. The molecule has 2 aliphatic rings. The van der Waals surface area contributed by atoms with Crippen LogP contribution in [0, 0.1) is 11.7 Å². The van der Waals surface area contributed by atoms with Crippen molar-refractivity contribution in [1.29, 1.82) is 0 Å². The van der Waals surface area contributed by atoms with E-state index >= 15 is 0 Å². The number of carbonyl (C=O) groups excluding carboxylic acids is 1. The number of aliphatic hydroxyl groups is 1. The number of aromatic nitrogens is 1. The number of ether oxygens (including phenoxy) is 2. The van der Waals surface area contributed by atoms with Gasteiger partial charge in [0.25, 0.3) is 0 Å². The molecule has 6 nitrogen and oxygen atoms in total. The van der Waals surface area contributed by atoms with E-state index in [1.165, 1.54) is 23.5 Å². The maximum absolute atomic E-state index is 13.7. The first kappa shape index (κ1) is 19.5. The molecule has 28 heavy (non-hydrogen) atoms. The molecular weight excluding hydrogens is 383 g/mol. The lowest BCUT2D eigenvalue weighted by Crippen LogP contribution is -2.51. The van der Waals surface area contributed by atoms with E-state index in [4.69, 9.17) is 9.47 Å². The van der Waals surface area contributed by atoms with E-state index in [-0.39, 0.29) is 35.9 Å². The summed E-state index contributed by atoms with van der Waals surface area (Å²) in [6.45, 7) is 3.89. The molecule has 2 fully saturated rings. The van der Waals surface area contributed by atoms with Crippen LogP contribution in [0.15, 0.2) is 17.6 Å². The van der Waals surface area contributed by atoms with E-state index in [1.54, 1.807) is 19.4 Å². The van der Waals surface area contributed by atoms with Gasteiger partial charge in [0.15, 0.2) is 0 Å². The van der Waals surface area contributed by atoms with Crippen molar-refractivity contribution in [2.24, 2.45) is 5.92 Å². The number of carbonyl (C=O) groups is 1. The van der Waals surface area contributed by atoms with Crippen LogP contribution in [-0.4, -0.2) is 46.5 Å². The molecule has 2 N–H and O–H groups in total. The summed E-state index contributed by atoms with van der Waals surface area (Å²) in [4.78, 5) is 16.7. The first-order chi connectivity index (χ1) is 13.3. The third-order valence-electron chi connectivity index (χ3n) is 5.54. The van der Waals surface area contributed by atoms with Crippen LogP contribution in [0.3, 0.4) is 0 Å². The Morgan fingerprint density at radius 2 is 2.18 bits per heavy atom. The zero-order valence-electron chi connectivity index (χ0n) is 16.0. The Kier molecular flexibility index (Phi) is 5.28. The van der Waals surface area contributed by atoms with Gasteiger partial charge in [0.05, 0.1) is 34.6 Å². The van der Waals surface area contributed by atoms with Gasteiger partial charge < -0.3 is 19.9 Å². The number of rotatable bonds is 5. The lowest BCUT2D eigenvalue weighted by molar-refractivity contribution is -0.137. The first-order valence-electron chi connectivity index (χ1n) is 9.63. The van der Waals surface area contributed by atoms with Gasteiger partial charge in [-0.3, -0.25) is 4.79 Å². The molecule has 2 heterocycles. The maximum Gasteiger partial charge on any atom is 0.223 e. The Morgan fingerprint density at radius 3 is 2.86 bits per heavy atom. The highest BCUT2D eigenvalue weighted by Gasteiger charge is 2.38. The summed E-state index contributed by atoms with van der Waals surface area (Å²) in [5.41, 5.74) is 1.47. The third-order valence-corrected chi connectivity index (χ3v) is 6.31. The van der Waals surface area contributed by atoms with Crippen molar-refractivity contribution in [2.45, 2.75) is 63.4 Å². The van der Waals surface area contributed by atoms with Gasteiger partial charge in [-0.05, 0) is 45.6 Å². The molecule has 2 atom stereocenters. The predicted molar refractivity (Wildman–Crippen MR) is 104 cm³/mol. The van der Waals surface area contributed by atoms with Gasteiger partial charge in [-0.25, -0.2) is 9.37 Å². The number of nitrogens with zero attached hydrogens (tertiary/aromatic N) is 1. The second-order valence-corrected chi connectivity index (χ2v) is 9.16. The van der Waals surface area contributed by atoms with E-state index in [1.807, 2.05) is 0 Å². The van der Waals surface area contributed by atoms with E-state index in [0.717, 1.165) is 11.1 Å². The minimum atomic E-state index is -0.868. The summed E-state index contributed by atoms with van der Waals surface area (Å²) >= 11 is 1.37. The normalized spacial score (nSPS) is 28.0. The van der Waals surface area contributed by atoms with Gasteiger partial charge in [-0.2, -0.15) is 0 Å². The molecule has 0 bridgehead atoms. The summed E-state index contributed by atoms with van der Waals surface area (Å²) in [6, 6.07) is 2.78. The number of amides is 1. The van der Waals surface area contributed by atoms with Gasteiger partial charge >= 0.3 is 0 Å². The molecule has 8 heteroatoms. The standard InChI is InChI=1S/C20H25FN2O4S/c1-20(2,25)17-4-3-13(9-26-17)23-19(24)11-5-14(6-11)27-15-7-12(21)8-16-18(15)22-10-28-16/h7-8,10-11,13-14,17,25H,3-6,9H2,1-2H3,(H,23,24)/t11-,13-,14-,17+/m1/s1. The van der Waals surface area contributed by atoms with E-state index < -0.39 is 5.60 Å². The molecule has 1 aliphatic carbocycles. The van der Waals surface area contributed by atoms with Gasteiger partial charge in [0.1, 0.15) is 23.2 Å². The number of hydrogen-bond donors (Lipinski definition) is 2. The smallest absolute Gasteiger partial charge is 0.223 e. The predicted octanol–water partition coefficient (Wildman–Crippen LogP) is 3.03. The molecule has 0 spiro atoms. The van der Waals surface area contributed by atoms with Crippen molar-refractivity contribution >= 4 is 27.5 Å². The van der Waals surface area contributed by atoms with Crippen LogP contribution >= 0.6 is 11.3 Å². The number of thiazole rings is 1. The molecule has 0 radical (unpaired) electrons. The molecule has 152 valence electrons. The van der Waals surface area contributed by atoms with Gasteiger partial charge in [0.2, 0.25) is 5.91 Å². The van der Waals surface area contributed by atoms with Crippen LogP contribution < -0.4 is 10.1 Å². The lowest BCUT2D eigenvalue weighted by Gasteiger charge is -2.38. The summed E-state index contributed by atoms with van der Waals surface area (Å²) in [6.07, 6.45) is 2.41. The molecule has 0 unspecified atom stereocenters. The average Bonchev–Trinajstić information content (AvgIpc) is 3.05. The number of halogens is 1. The molecule has 1 saturated carbocycles. The van der Waals surface area contributed by atoms with Crippen LogP contribution in [0.25, 0.3) is 10.2 Å². The number of nitrogens with one attached hydrogen (secondary N) is 1. The molecule has 1 amide bonds.